The van der Waals surface area contributed by atoms with Gasteiger partial charge in [-0.1, -0.05) is 66.7 Å². The first kappa shape index (κ1) is 32.3. The van der Waals surface area contributed by atoms with Crippen molar-refractivity contribution in [2.75, 3.05) is 18.0 Å². The molecule has 0 saturated carbocycles. The Morgan fingerprint density at radius 3 is 1.58 bits per heavy atom. The zero-order valence-corrected chi connectivity index (χ0v) is 29.7. The fraction of sp³-hybridized carbons (Fsp3) is 0.106. The van der Waals surface area contributed by atoms with E-state index in [4.69, 9.17) is 8.83 Å². The van der Waals surface area contributed by atoms with E-state index in [1.54, 1.807) is 0 Å². The molecule has 0 amide bonds. The van der Waals surface area contributed by atoms with Crippen molar-refractivity contribution in [3.8, 4) is 44.5 Å². The maximum Gasteiger partial charge on any atom is 0.344 e. The van der Waals surface area contributed by atoms with Gasteiger partial charge in [0, 0.05) is 64.5 Å². The molecular weight excluding hydrogens is 657 g/mol. The quantitative estimate of drug-likeness (QED) is 0.156. The Kier molecular flexibility index (Phi) is 7.81. The highest BCUT2D eigenvalue weighted by molar-refractivity contribution is 6.10. The van der Waals surface area contributed by atoms with E-state index in [0.29, 0.717) is 22.3 Å². The van der Waals surface area contributed by atoms with Gasteiger partial charge in [0.25, 0.3) is 0 Å². The van der Waals surface area contributed by atoms with Crippen LogP contribution in [0.2, 0.25) is 0 Å². The third-order valence-electron chi connectivity index (χ3n) is 10.5. The van der Waals surface area contributed by atoms with Crippen LogP contribution in [0.3, 0.4) is 0 Å². The Hall–Kier alpha value is -6.66. The van der Waals surface area contributed by atoms with Gasteiger partial charge < -0.3 is 18.3 Å². The van der Waals surface area contributed by atoms with Crippen LogP contribution in [-0.2, 0) is 7.05 Å². The van der Waals surface area contributed by atoms with E-state index in [1.165, 1.54) is 0 Å². The van der Waals surface area contributed by atoms with E-state index >= 15 is 0 Å². The molecule has 0 radical (unpaired) electrons. The Morgan fingerprint density at radius 1 is 0.491 bits per heavy atom. The molecule has 0 aliphatic carbocycles. The number of anilines is 1. The first-order chi connectivity index (χ1) is 25.9. The average molecular weight is 693 g/mol. The first-order valence-corrected chi connectivity index (χ1v) is 18.0. The number of rotatable bonds is 7. The summed E-state index contributed by atoms with van der Waals surface area (Å²) >= 11 is 0. The van der Waals surface area contributed by atoms with Gasteiger partial charge in [0.05, 0.1) is 11.1 Å². The number of hydrogen-bond donors (Lipinski definition) is 0. The lowest BCUT2D eigenvalue weighted by Gasteiger charge is -2.21. The molecule has 3 heterocycles. The van der Waals surface area contributed by atoms with E-state index in [-0.39, 0.29) is 11.3 Å². The summed E-state index contributed by atoms with van der Waals surface area (Å²) in [6.07, 6.45) is 0. The molecule has 0 N–H and O–H groups in total. The maximum absolute atomic E-state index is 13.3. The predicted octanol–water partition coefficient (Wildman–Crippen LogP) is 11.1. The number of aromatic nitrogens is 1. The van der Waals surface area contributed by atoms with Gasteiger partial charge in [-0.3, -0.25) is 0 Å². The lowest BCUT2D eigenvalue weighted by atomic mass is 9.96. The van der Waals surface area contributed by atoms with Crippen molar-refractivity contribution < 1.29 is 8.83 Å². The van der Waals surface area contributed by atoms with Gasteiger partial charge in [0.1, 0.15) is 11.2 Å². The van der Waals surface area contributed by atoms with E-state index in [0.717, 1.165) is 84.7 Å². The largest absolute Gasteiger partial charge is 0.422 e. The molecule has 0 saturated heterocycles. The molecule has 6 aromatic carbocycles. The molecule has 0 bridgehead atoms. The average Bonchev–Trinajstić information content (AvgIpc) is 3.47. The molecule has 9 aromatic rings. The molecular formula is C47H36N2O4. The molecule has 3 aromatic heterocycles. The van der Waals surface area contributed by atoms with Gasteiger partial charge in [0.15, 0.2) is 0 Å². The second-order valence-corrected chi connectivity index (χ2v) is 13.5. The lowest BCUT2D eigenvalue weighted by molar-refractivity contribution is 0.563. The molecule has 6 nitrogen and oxygen atoms in total. The minimum absolute atomic E-state index is 0.353. The molecule has 0 atom stereocenters. The van der Waals surface area contributed by atoms with Crippen molar-refractivity contribution in [3.05, 3.63) is 160 Å². The highest BCUT2D eigenvalue weighted by Crippen LogP contribution is 2.36. The topological polar surface area (TPSA) is 68.6 Å². The fourth-order valence-electron chi connectivity index (χ4n) is 7.66. The van der Waals surface area contributed by atoms with Crippen molar-refractivity contribution in [1.29, 1.82) is 0 Å². The summed E-state index contributed by atoms with van der Waals surface area (Å²) in [6.45, 7) is 5.99. The monoisotopic (exact) mass is 692 g/mol. The van der Waals surface area contributed by atoms with Crippen LogP contribution in [0, 0.1) is 0 Å². The van der Waals surface area contributed by atoms with Crippen LogP contribution < -0.4 is 16.2 Å². The Bertz CT molecular complexity index is 3000. The van der Waals surface area contributed by atoms with Gasteiger partial charge in [-0.05, 0) is 114 Å². The number of para-hydroxylation sites is 1. The van der Waals surface area contributed by atoms with E-state index < -0.39 is 0 Å². The van der Waals surface area contributed by atoms with Crippen LogP contribution in [-0.4, -0.2) is 17.7 Å². The molecule has 0 aliphatic heterocycles. The molecule has 0 spiro atoms. The SMILES string of the molecule is CCN(CC)c1ccc2cc(-c3cccc(-c4ccc5c(c4)c4cc(-c6cccc(-c7cc8ccccc8oc7=O)c6)ccc4n5C)c3)c(=O)oc2c1. The van der Waals surface area contributed by atoms with Crippen LogP contribution in [0.4, 0.5) is 5.69 Å². The van der Waals surface area contributed by atoms with Crippen LogP contribution >= 0.6 is 0 Å². The van der Waals surface area contributed by atoms with Gasteiger partial charge in [0.2, 0.25) is 0 Å². The molecule has 9 rings (SSSR count). The summed E-state index contributed by atoms with van der Waals surface area (Å²) in [6, 6.07) is 46.7. The highest BCUT2D eigenvalue weighted by atomic mass is 16.4. The van der Waals surface area contributed by atoms with Gasteiger partial charge in [-0.15, -0.1) is 0 Å². The van der Waals surface area contributed by atoms with Crippen LogP contribution in [0.25, 0.3) is 88.3 Å². The minimum Gasteiger partial charge on any atom is -0.422 e. The third kappa shape index (κ3) is 5.60. The second kappa shape index (κ2) is 12.8. The predicted molar refractivity (Wildman–Crippen MR) is 218 cm³/mol. The minimum atomic E-state index is -0.354. The van der Waals surface area contributed by atoms with Crippen LogP contribution in [0.5, 0.6) is 0 Å². The zero-order chi connectivity index (χ0) is 36.2. The number of aryl methyl sites for hydroxylation is 1. The highest BCUT2D eigenvalue weighted by Gasteiger charge is 2.15. The molecule has 6 heteroatoms. The number of nitrogens with zero attached hydrogens (tertiary/aromatic N) is 2. The molecule has 258 valence electrons. The van der Waals surface area contributed by atoms with E-state index in [2.05, 4.69) is 97.1 Å². The number of hydrogen-bond acceptors (Lipinski definition) is 5. The molecule has 53 heavy (non-hydrogen) atoms. The van der Waals surface area contributed by atoms with Crippen LogP contribution in [0.1, 0.15) is 13.8 Å². The van der Waals surface area contributed by atoms with E-state index in [1.807, 2.05) is 72.8 Å². The smallest absolute Gasteiger partial charge is 0.344 e. The molecule has 0 fully saturated rings. The third-order valence-corrected chi connectivity index (χ3v) is 10.5. The number of fused-ring (bicyclic) bond motifs is 5. The van der Waals surface area contributed by atoms with Crippen molar-refractivity contribution in [3.63, 3.8) is 0 Å². The van der Waals surface area contributed by atoms with Crippen molar-refractivity contribution in [2.45, 2.75) is 13.8 Å². The normalized spacial score (nSPS) is 11.6. The van der Waals surface area contributed by atoms with Crippen LogP contribution in [0.15, 0.2) is 158 Å². The van der Waals surface area contributed by atoms with Gasteiger partial charge in [-0.25, -0.2) is 9.59 Å². The summed E-state index contributed by atoms with van der Waals surface area (Å²) in [5.74, 6) is 0. The molecule has 0 unspecified atom stereocenters. The van der Waals surface area contributed by atoms with Crippen molar-refractivity contribution >= 4 is 49.4 Å². The van der Waals surface area contributed by atoms with Crippen molar-refractivity contribution in [2.24, 2.45) is 7.05 Å². The first-order valence-electron chi connectivity index (χ1n) is 18.0. The summed E-state index contributed by atoms with van der Waals surface area (Å²) in [5.41, 5.74) is 10.6. The Morgan fingerprint density at radius 2 is 1.00 bits per heavy atom. The molecule has 0 aliphatic rings. The maximum atomic E-state index is 13.3. The summed E-state index contributed by atoms with van der Waals surface area (Å²) < 4.78 is 13.7. The van der Waals surface area contributed by atoms with Gasteiger partial charge >= 0.3 is 11.3 Å². The summed E-state index contributed by atoms with van der Waals surface area (Å²) in [4.78, 5) is 28.6. The Labute approximate surface area is 305 Å². The lowest BCUT2D eigenvalue weighted by Crippen LogP contribution is -2.21. The second-order valence-electron chi connectivity index (χ2n) is 13.5. The summed E-state index contributed by atoms with van der Waals surface area (Å²) in [7, 11) is 2.09. The van der Waals surface area contributed by atoms with Gasteiger partial charge in [-0.2, -0.15) is 0 Å². The summed E-state index contributed by atoms with van der Waals surface area (Å²) in [5, 5.41) is 4.04. The Balaban J connectivity index is 1.09. The fourth-order valence-corrected chi connectivity index (χ4v) is 7.66. The standard InChI is InChI=1S/C47H36N2O4/c1-4-49(5-2)37-19-16-36-27-39(47(51)53-45(36)28-37)34-14-9-12-30(23-34)32-18-21-43-41(25-32)40-24-31(17-20-42(40)48(43)3)29-11-8-13-33(22-29)38-26-35-10-6-7-15-44(35)52-46(38)50/h6-28H,4-5H2,1-3H3. The number of benzene rings is 6. The van der Waals surface area contributed by atoms with E-state index in [9.17, 15) is 9.59 Å². The van der Waals surface area contributed by atoms with Crippen molar-refractivity contribution in [1.82, 2.24) is 4.57 Å². The zero-order valence-electron chi connectivity index (χ0n) is 29.7.